The highest BCUT2D eigenvalue weighted by molar-refractivity contribution is 9.08. The van der Waals surface area contributed by atoms with Gasteiger partial charge in [0.1, 0.15) is 0 Å². The van der Waals surface area contributed by atoms with Crippen LogP contribution in [0.5, 0.6) is 5.75 Å². The molecule has 6 heteroatoms. The lowest BCUT2D eigenvalue weighted by Crippen LogP contribution is -1.97. The Bertz CT molecular complexity index is 370. The first kappa shape index (κ1) is 11.3. The van der Waals surface area contributed by atoms with Crippen LogP contribution in [-0.2, 0) is 5.33 Å². The van der Waals surface area contributed by atoms with Crippen LogP contribution in [0.1, 0.15) is 5.56 Å². The van der Waals surface area contributed by atoms with E-state index in [1.807, 2.05) is 0 Å². The number of nitro groups is 1. The Labute approximate surface area is 94.1 Å². The van der Waals surface area contributed by atoms with Crippen LogP contribution in [0.15, 0.2) is 12.1 Å². The maximum atomic E-state index is 10.6. The van der Waals surface area contributed by atoms with E-state index in [1.165, 1.54) is 19.2 Å². The van der Waals surface area contributed by atoms with Gasteiger partial charge in [0.2, 0.25) is 5.75 Å². The summed E-state index contributed by atoms with van der Waals surface area (Å²) >= 11 is 9.05. The van der Waals surface area contributed by atoms with Crippen LogP contribution in [0.2, 0.25) is 5.02 Å². The van der Waals surface area contributed by atoms with E-state index in [0.717, 1.165) is 0 Å². The number of methoxy groups -OCH3 is 1. The zero-order chi connectivity index (χ0) is 10.7. The lowest BCUT2D eigenvalue weighted by atomic mass is 10.2. The molecule has 0 amide bonds. The standard InChI is InChI=1S/C8H7BrClNO3/c1-14-8-5(4-9)6(10)2-3-7(8)11(12)13/h2-3H,4H2,1H3. The van der Waals surface area contributed by atoms with Crippen LogP contribution in [0.25, 0.3) is 0 Å². The van der Waals surface area contributed by atoms with Crippen LogP contribution in [-0.4, -0.2) is 12.0 Å². The van der Waals surface area contributed by atoms with Crippen molar-refractivity contribution in [2.45, 2.75) is 5.33 Å². The fourth-order valence-electron chi connectivity index (χ4n) is 1.09. The molecule has 0 heterocycles. The number of hydrogen-bond donors (Lipinski definition) is 0. The minimum atomic E-state index is -0.499. The van der Waals surface area contributed by atoms with E-state index in [2.05, 4.69) is 15.9 Å². The highest BCUT2D eigenvalue weighted by atomic mass is 79.9. The van der Waals surface area contributed by atoms with E-state index in [0.29, 0.717) is 15.9 Å². The summed E-state index contributed by atoms with van der Waals surface area (Å²) in [5, 5.41) is 11.5. The number of alkyl halides is 1. The first-order valence-electron chi connectivity index (χ1n) is 3.67. The van der Waals surface area contributed by atoms with Crippen molar-refractivity contribution in [2.75, 3.05) is 7.11 Å². The third kappa shape index (κ3) is 1.99. The molecule has 0 radical (unpaired) electrons. The molecule has 0 saturated heterocycles. The molecule has 1 aromatic rings. The summed E-state index contributed by atoms with van der Waals surface area (Å²) < 4.78 is 4.95. The topological polar surface area (TPSA) is 52.4 Å². The monoisotopic (exact) mass is 279 g/mol. The number of hydrogen-bond acceptors (Lipinski definition) is 3. The van der Waals surface area contributed by atoms with Gasteiger partial charge in [0.05, 0.1) is 12.0 Å². The normalized spacial score (nSPS) is 9.93. The number of nitro benzene ring substituents is 1. The number of nitrogens with zero attached hydrogens (tertiary/aromatic N) is 1. The summed E-state index contributed by atoms with van der Waals surface area (Å²) in [4.78, 5) is 10.1. The van der Waals surface area contributed by atoms with E-state index < -0.39 is 4.92 Å². The number of rotatable bonds is 3. The Morgan fingerprint density at radius 3 is 2.71 bits per heavy atom. The Morgan fingerprint density at radius 2 is 2.29 bits per heavy atom. The summed E-state index contributed by atoms with van der Waals surface area (Å²) in [6.07, 6.45) is 0. The summed E-state index contributed by atoms with van der Waals surface area (Å²) in [6, 6.07) is 2.81. The van der Waals surface area contributed by atoms with Gasteiger partial charge in [-0.05, 0) is 6.07 Å². The van der Waals surface area contributed by atoms with Crippen molar-refractivity contribution in [3.8, 4) is 5.75 Å². The fourth-order valence-corrected chi connectivity index (χ4v) is 2.02. The van der Waals surface area contributed by atoms with Crippen LogP contribution < -0.4 is 4.74 Å². The van der Waals surface area contributed by atoms with Crippen molar-refractivity contribution in [3.05, 3.63) is 32.8 Å². The zero-order valence-electron chi connectivity index (χ0n) is 7.29. The first-order valence-corrected chi connectivity index (χ1v) is 5.17. The molecule has 0 unspecified atom stereocenters. The summed E-state index contributed by atoms with van der Waals surface area (Å²) in [7, 11) is 1.38. The van der Waals surface area contributed by atoms with E-state index in [1.54, 1.807) is 0 Å². The molecule has 4 nitrogen and oxygen atoms in total. The second-order valence-corrected chi connectivity index (χ2v) is 3.44. The van der Waals surface area contributed by atoms with Gasteiger partial charge in [-0.25, -0.2) is 0 Å². The predicted molar refractivity (Wildman–Crippen MR) is 57.3 cm³/mol. The Kier molecular flexibility index (Phi) is 3.71. The van der Waals surface area contributed by atoms with Crippen molar-refractivity contribution in [3.63, 3.8) is 0 Å². The van der Waals surface area contributed by atoms with Gasteiger partial charge in [0, 0.05) is 22.0 Å². The number of halogens is 2. The van der Waals surface area contributed by atoms with Gasteiger partial charge in [0.15, 0.2) is 0 Å². The molecule has 0 aliphatic heterocycles. The summed E-state index contributed by atoms with van der Waals surface area (Å²) in [5.74, 6) is 0.208. The molecule has 0 fully saturated rings. The first-order chi connectivity index (χ1) is 6.61. The molecule has 76 valence electrons. The van der Waals surface area contributed by atoms with Gasteiger partial charge < -0.3 is 4.74 Å². The second kappa shape index (κ2) is 4.61. The zero-order valence-corrected chi connectivity index (χ0v) is 9.63. The van der Waals surface area contributed by atoms with Gasteiger partial charge >= 0.3 is 5.69 Å². The largest absolute Gasteiger partial charge is 0.490 e. The van der Waals surface area contributed by atoms with Gasteiger partial charge in [-0.2, -0.15) is 0 Å². The molecule has 1 aromatic carbocycles. The van der Waals surface area contributed by atoms with Crippen LogP contribution >= 0.6 is 27.5 Å². The SMILES string of the molecule is COc1c([N+](=O)[O-])ccc(Cl)c1CBr. The quantitative estimate of drug-likeness (QED) is 0.485. The van der Waals surface area contributed by atoms with Gasteiger partial charge in [0.25, 0.3) is 0 Å². The van der Waals surface area contributed by atoms with E-state index >= 15 is 0 Å². The predicted octanol–water partition coefficient (Wildman–Crippen LogP) is 3.15. The van der Waals surface area contributed by atoms with Gasteiger partial charge in [-0.3, -0.25) is 10.1 Å². The summed E-state index contributed by atoms with van der Waals surface area (Å²) in [6.45, 7) is 0. The molecule has 0 N–H and O–H groups in total. The van der Waals surface area contributed by atoms with Crippen molar-refractivity contribution in [2.24, 2.45) is 0 Å². The van der Waals surface area contributed by atoms with Gasteiger partial charge in [-0.15, -0.1) is 0 Å². The number of ether oxygens (including phenoxy) is 1. The Hall–Kier alpha value is -0.810. The van der Waals surface area contributed by atoms with Crippen molar-refractivity contribution < 1.29 is 9.66 Å². The average Bonchev–Trinajstić information content (AvgIpc) is 2.16. The number of benzene rings is 1. The van der Waals surface area contributed by atoms with Crippen molar-refractivity contribution >= 4 is 33.2 Å². The van der Waals surface area contributed by atoms with Gasteiger partial charge in [-0.1, -0.05) is 27.5 Å². The van der Waals surface area contributed by atoms with Crippen molar-refractivity contribution in [1.29, 1.82) is 0 Å². The molecule has 0 spiro atoms. The molecular weight excluding hydrogens is 273 g/mol. The maximum Gasteiger partial charge on any atom is 0.311 e. The van der Waals surface area contributed by atoms with Crippen molar-refractivity contribution in [1.82, 2.24) is 0 Å². The minimum absolute atomic E-state index is 0.0775. The molecule has 0 aromatic heterocycles. The average molecular weight is 281 g/mol. The third-order valence-corrected chi connectivity index (χ3v) is 2.63. The van der Waals surface area contributed by atoms with Crippen LogP contribution in [0.4, 0.5) is 5.69 Å². The molecular formula is C8H7BrClNO3. The van der Waals surface area contributed by atoms with Crippen LogP contribution in [0.3, 0.4) is 0 Å². The molecule has 0 atom stereocenters. The molecule has 0 bridgehead atoms. The Balaban J connectivity index is 3.40. The highest BCUT2D eigenvalue weighted by Gasteiger charge is 2.20. The highest BCUT2D eigenvalue weighted by Crippen LogP contribution is 2.36. The molecule has 14 heavy (non-hydrogen) atoms. The van der Waals surface area contributed by atoms with E-state index in [9.17, 15) is 10.1 Å². The lowest BCUT2D eigenvalue weighted by Gasteiger charge is -2.07. The molecule has 1 rings (SSSR count). The molecule has 0 aliphatic carbocycles. The minimum Gasteiger partial charge on any atom is -0.490 e. The second-order valence-electron chi connectivity index (χ2n) is 2.47. The molecule has 0 saturated carbocycles. The van der Waals surface area contributed by atoms with E-state index in [4.69, 9.17) is 16.3 Å². The maximum absolute atomic E-state index is 10.6. The van der Waals surface area contributed by atoms with Crippen LogP contribution in [0, 0.1) is 10.1 Å². The lowest BCUT2D eigenvalue weighted by molar-refractivity contribution is -0.385. The third-order valence-electron chi connectivity index (χ3n) is 1.72. The van der Waals surface area contributed by atoms with E-state index in [-0.39, 0.29) is 11.4 Å². The summed E-state index contributed by atoms with van der Waals surface area (Å²) in [5.41, 5.74) is 0.509. The smallest absolute Gasteiger partial charge is 0.311 e. The Morgan fingerprint density at radius 1 is 1.64 bits per heavy atom. The fraction of sp³-hybridized carbons (Fsp3) is 0.250. The molecule has 0 aliphatic rings.